The predicted molar refractivity (Wildman–Crippen MR) is 73.4 cm³/mol. The Balaban J connectivity index is 0.00000289. The molecule has 2 atom stereocenters. The number of nitrogens with two attached hydrogens (primary N) is 1. The van der Waals surface area contributed by atoms with Crippen molar-refractivity contribution in [3.8, 4) is 0 Å². The van der Waals surface area contributed by atoms with Gasteiger partial charge in [-0.15, -0.1) is 12.4 Å². The van der Waals surface area contributed by atoms with E-state index in [1.807, 2.05) is 27.7 Å². The molecule has 1 saturated heterocycles. The molecule has 0 bridgehead atoms. The van der Waals surface area contributed by atoms with Crippen LogP contribution >= 0.6 is 12.4 Å². The van der Waals surface area contributed by atoms with E-state index in [2.05, 4.69) is 10.6 Å². The maximum absolute atomic E-state index is 12.0. The van der Waals surface area contributed by atoms with Crippen LogP contribution in [-0.2, 0) is 9.59 Å². The molecule has 2 amide bonds. The molecule has 6 heteroatoms. The van der Waals surface area contributed by atoms with E-state index in [1.54, 1.807) is 0 Å². The van der Waals surface area contributed by atoms with Crippen molar-refractivity contribution in [3.63, 3.8) is 0 Å². The molecular weight excluding hydrogens is 254 g/mol. The summed E-state index contributed by atoms with van der Waals surface area (Å²) in [6.45, 7) is 9.28. The minimum atomic E-state index is -0.620. The second-order valence-corrected chi connectivity index (χ2v) is 5.92. The number of carbonyl (C=O) groups is 2. The third kappa shape index (κ3) is 4.14. The largest absolute Gasteiger partial charge is 0.368 e. The van der Waals surface area contributed by atoms with Crippen LogP contribution in [0.3, 0.4) is 0 Å². The minimum absolute atomic E-state index is 0. The zero-order chi connectivity index (χ0) is 13.2. The average molecular weight is 278 g/mol. The van der Waals surface area contributed by atoms with Crippen molar-refractivity contribution in [3.05, 3.63) is 0 Å². The smallest absolute Gasteiger partial charge is 0.240 e. The molecule has 1 heterocycles. The molecule has 4 N–H and O–H groups in total. The quantitative estimate of drug-likeness (QED) is 0.690. The van der Waals surface area contributed by atoms with Gasteiger partial charge in [-0.2, -0.15) is 0 Å². The van der Waals surface area contributed by atoms with Gasteiger partial charge in [-0.05, 0) is 24.4 Å². The highest BCUT2D eigenvalue weighted by atomic mass is 35.5. The van der Waals surface area contributed by atoms with Crippen LogP contribution in [0.1, 0.15) is 27.7 Å². The molecule has 0 aromatic carbocycles. The zero-order valence-corrected chi connectivity index (χ0v) is 12.3. The highest BCUT2D eigenvalue weighted by Gasteiger charge is 2.35. The molecule has 0 aromatic rings. The summed E-state index contributed by atoms with van der Waals surface area (Å²) in [6, 6.07) is -0.620. The van der Waals surface area contributed by atoms with Gasteiger partial charge in [0.15, 0.2) is 0 Å². The number of nitrogens with one attached hydrogen (secondary N) is 2. The Labute approximate surface area is 115 Å². The Morgan fingerprint density at radius 3 is 2.11 bits per heavy atom. The highest BCUT2D eigenvalue weighted by Crippen LogP contribution is 2.21. The van der Waals surface area contributed by atoms with Gasteiger partial charge < -0.3 is 16.4 Å². The fourth-order valence-electron chi connectivity index (χ4n) is 1.87. The van der Waals surface area contributed by atoms with Gasteiger partial charge in [-0.25, -0.2) is 0 Å². The van der Waals surface area contributed by atoms with Crippen LogP contribution in [0, 0.1) is 17.3 Å². The van der Waals surface area contributed by atoms with E-state index in [0.717, 1.165) is 13.1 Å². The number of amides is 2. The third-order valence-electron chi connectivity index (χ3n) is 3.37. The molecule has 0 aliphatic carbocycles. The zero-order valence-electron chi connectivity index (χ0n) is 11.4. The summed E-state index contributed by atoms with van der Waals surface area (Å²) >= 11 is 0. The Kier molecular flexibility index (Phi) is 6.10. The average Bonchev–Trinajstić information content (AvgIpc) is 2.08. The van der Waals surface area contributed by atoms with Crippen molar-refractivity contribution < 1.29 is 9.59 Å². The lowest BCUT2D eigenvalue weighted by molar-refractivity contribution is -0.133. The maximum Gasteiger partial charge on any atom is 0.240 e. The van der Waals surface area contributed by atoms with E-state index < -0.39 is 11.9 Å². The standard InChI is InChI=1S/C12H23N3O2.ClH/c1-7(8-5-14-6-8)11(17)15-9(10(13)16)12(2,3)4;/h7-9,14H,5-6H2,1-4H3,(H2,13,16)(H,15,17);1H/t7?,9-;/m1./s1. The first-order valence-electron chi connectivity index (χ1n) is 6.04. The predicted octanol–water partition coefficient (Wildman–Crippen LogP) is 0.280. The van der Waals surface area contributed by atoms with E-state index in [-0.39, 0.29) is 29.6 Å². The molecule has 1 fully saturated rings. The second-order valence-electron chi connectivity index (χ2n) is 5.92. The summed E-state index contributed by atoms with van der Waals surface area (Å²) in [5.74, 6) is -0.288. The monoisotopic (exact) mass is 277 g/mol. The van der Waals surface area contributed by atoms with E-state index in [0.29, 0.717) is 5.92 Å². The number of primary amides is 1. The molecule has 0 spiro atoms. The molecule has 1 aliphatic rings. The highest BCUT2D eigenvalue weighted by molar-refractivity contribution is 5.88. The molecule has 1 rings (SSSR count). The molecule has 0 saturated carbocycles. The van der Waals surface area contributed by atoms with E-state index in [9.17, 15) is 9.59 Å². The van der Waals surface area contributed by atoms with Crippen LogP contribution in [-0.4, -0.2) is 30.9 Å². The van der Waals surface area contributed by atoms with Crippen molar-refractivity contribution in [2.45, 2.75) is 33.7 Å². The summed E-state index contributed by atoms with van der Waals surface area (Å²) in [5, 5.41) is 5.90. The van der Waals surface area contributed by atoms with Crippen LogP contribution in [0.15, 0.2) is 0 Å². The Morgan fingerprint density at radius 2 is 1.83 bits per heavy atom. The molecule has 0 radical (unpaired) electrons. The first kappa shape index (κ1) is 17.2. The Morgan fingerprint density at radius 1 is 1.33 bits per heavy atom. The lowest BCUT2D eigenvalue weighted by Gasteiger charge is -2.34. The van der Waals surface area contributed by atoms with E-state index >= 15 is 0 Å². The lowest BCUT2D eigenvalue weighted by Crippen LogP contribution is -2.56. The normalized spacial score (nSPS) is 19.1. The third-order valence-corrected chi connectivity index (χ3v) is 3.37. The fraction of sp³-hybridized carbons (Fsp3) is 0.833. The van der Waals surface area contributed by atoms with Crippen molar-refractivity contribution in [2.24, 2.45) is 23.0 Å². The summed E-state index contributed by atoms with van der Waals surface area (Å²) in [7, 11) is 0. The molecule has 106 valence electrons. The van der Waals surface area contributed by atoms with Crippen molar-refractivity contribution in [2.75, 3.05) is 13.1 Å². The van der Waals surface area contributed by atoms with Crippen molar-refractivity contribution >= 4 is 24.2 Å². The SMILES string of the molecule is CC(C(=O)N[C@H](C(N)=O)C(C)(C)C)C1CNC1.Cl. The van der Waals surface area contributed by atoms with E-state index in [1.165, 1.54) is 0 Å². The Hall–Kier alpha value is -0.810. The number of hydrogen-bond acceptors (Lipinski definition) is 3. The minimum Gasteiger partial charge on any atom is -0.368 e. The van der Waals surface area contributed by atoms with Crippen LogP contribution in [0.2, 0.25) is 0 Å². The molecule has 0 aromatic heterocycles. The van der Waals surface area contributed by atoms with Crippen LogP contribution in [0.4, 0.5) is 0 Å². The van der Waals surface area contributed by atoms with Gasteiger partial charge in [-0.3, -0.25) is 9.59 Å². The van der Waals surface area contributed by atoms with Gasteiger partial charge in [0, 0.05) is 5.92 Å². The number of carbonyl (C=O) groups excluding carboxylic acids is 2. The molecule has 18 heavy (non-hydrogen) atoms. The van der Waals surface area contributed by atoms with Gasteiger partial charge in [0.1, 0.15) is 6.04 Å². The summed E-state index contributed by atoms with van der Waals surface area (Å²) in [6.07, 6.45) is 0. The molecule has 1 aliphatic heterocycles. The van der Waals surface area contributed by atoms with Gasteiger partial charge in [0.05, 0.1) is 0 Å². The van der Waals surface area contributed by atoms with Gasteiger partial charge in [0.2, 0.25) is 11.8 Å². The Bertz CT molecular complexity index is 311. The van der Waals surface area contributed by atoms with Crippen molar-refractivity contribution in [1.82, 2.24) is 10.6 Å². The van der Waals surface area contributed by atoms with Crippen LogP contribution in [0.5, 0.6) is 0 Å². The first-order valence-corrected chi connectivity index (χ1v) is 6.04. The van der Waals surface area contributed by atoms with E-state index in [4.69, 9.17) is 5.73 Å². The first-order chi connectivity index (χ1) is 7.73. The number of halogens is 1. The van der Waals surface area contributed by atoms with Crippen LogP contribution < -0.4 is 16.4 Å². The maximum atomic E-state index is 12.0. The van der Waals surface area contributed by atoms with Gasteiger partial charge in [0.25, 0.3) is 0 Å². The molecule has 1 unspecified atom stereocenters. The summed E-state index contributed by atoms with van der Waals surface area (Å²) in [4.78, 5) is 23.3. The van der Waals surface area contributed by atoms with Crippen LogP contribution in [0.25, 0.3) is 0 Å². The second kappa shape index (κ2) is 6.38. The fourth-order valence-corrected chi connectivity index (χ4v) is 1.87. The summed E-state index contributed by atoms with van der Waals surface area (Å²) in [5.41, 5.74) is 4.97. The lowest BCUT2D eigenvalue weighted by atomic mass is 9.84. The molecular formula is C12H24ClN3O2. The van der Waals surface area contributed by atoms with Gasteiger partial charge >= 0.3 is 0 Å². The topological polar surface area (TPSA) is 84.2 Å². The van der Waals surface area contributed by atoms with Crippen molar-refractivity contribution in [1.29, 1.82) is 0 Å². The van der Waals surface area contributed by atoms with Gasteiger partial charge in [-0.1, -0.05) is 27.7 Å². The summed E-state index contributed by atoms with van der Waals surface area (Å²) < 4.78 is 0. The molecule has 5 nitrogen and oxygen atoms in total. The number of rotatable bonds is 4. The number of hydrogen-bond donors (Lipinski definition) is 3.